The molecule has 3 aromatic rings. The molecule has 2 N–H and O–H groups in total. The molecule has 0 aliphatic rings. The third-order valence-electron chi connectivity index (χ3n) is 4.20. The van der Waals surface area contributed by atoms with Crippen LogP contribution in [0.2, 0.25) is 5.02 Å². The fraction of sp³-hybridized carbons (Fsp3) is 0.263. The lowest BCUT2D eigenvalue weighted by Crippen LogP contribution is -2.29. The van der Waals surface area contributed by atoms with Gasteiger partial charge in [0.2, 0.25) is 5.88 Å². The Morgan fingerprint density at radius 2 is 2.00 bits per heavy atom. The van der Waals surface area contributed by atoms with E-state index < -0.39 is 18.7 Å². The van der Waals surface area contributed by atoms with Crippen LogP contribution >= 0.6 is 11.6 Å². The quantitative estimate of drug-likeness (QED) is 0.560. The van der Waals surface area contributed by atoms with Crippen molar-refractivity contribution in [3.63, 3.8) is 0 Å². The number of H-pyrrole nitrogens is 1. The summed E-state index contributed by atoms with van der Waals surface area (Å²) in [5, 5.41) is 0.823. The highest BCUT2D eigenvalue weighted by Gasteiger charge is 2.28. The number of nitrogens with one attached hydrogen (secondary N) is 2. The number of aromatic amines is 1. The maximum atomic E-state index is 12.3. The second-order valence-corrected chi connectivity index (χ2v) is 6.94. The van der Waals surface area contributed by atoms with Crippen LogP contribution in [0.25, 0.3) is 22.0 Å². The smallest absolute Gasteiger partial charge is 0.414 e. The summed E-state index contributed by atoms with van der Waals surface area (Å²) in [7, 11) is 5.16. The summed E-state index contributed by atoms with van der Waals surface area (Å²) in [4.78, 5) is 25.6. The molecule has 0 aliphatic heterocycles. The molecule has 30 heavy (non-hydrogen) atoms. The number of fused-ring (bicyclic) bond motifs is 1. The van der Waals surface area contributed by atoms with Crippen LogP contribution in [0.5, 0.6) is 5.88 Å². The Balaban J connectivity index is 1.99. The van der Waals surface area contributed by atoms with Gasteiger partial charge < -0.3 is 14.6 Å². The zero-order chi connectivity index (χ0) is 22.1. The highest BCUT2D eigenvalue weighted by Crippen LogP contribution is 2.38. The van der Waals surface area contributed by atoms with E-state index >= 15 is 0 Å². The second-order valence-electron chi connectivity index (χ2n) is 6.54. The first kappa shape index (κ1) is 21.7. The molecule has 160 valence electrons. The molecular weight excluding hydrogens is 425 g/mol. The molecule has 1 amide bonds. The van der Waals surface area contributed by atoms with E-state index in [2.05, 4.69) is 14.8 Å². The first-order valence-electron chi connectivity index (χ1n) is 8.63. The minimum Gasteiger partial charge on any atom is -0.480 e. The van der Waals surface area contributed by atoms with Crippen molar-refractivity contribution in [3.8, 4) is 17.0 Å². The van der Waals surface area contributed by atoms with Crippen LogP contribution in [0.3, 0.4) is 0 Å². The molecule has 0 radical (unpaired) electrons. The molecule has 0 saturated carbocycles. The average Bonchev–Trinajstić information content (AvgIpc) is 3.08. The summed E-state index contributed by atoms with van der Waals surface area (Å²) >= 11 is 6.43. The van der Waals surface area contributed by atoms with Crippen molar-refractivity contribution in [3.05, 3.63) is 41.0 Å². The SMILES string of the molecule is COc1nc(N(C)C)ccc1-c1cc2c(C(=O)NOCC(F)(F)F)c[nH]c2cc1Cl. The van der Waals surface area contributed by atoms with E-state index in [1.807, 2.05) is 19.0 Å². The third-order valence-corrected chi connectivity index (χ3v) is 4.51. The summed E-state index contributed by atoms with van der Waals surface area (Å²) in [6, 6.07) is 6.82. The molecule has 0 atom stereocenters. The number of aromatic nitrogens is 2. The van der Waals surface area contributed by atoms with Crippen molar-refractivity contribution in [2.24, 2.45) is 0 Å². The van der Waals surface area contributed by atoms with Crippen LogP contribution in [-0.2, 0) is 4.84 Å². The first-order valence-corrected chi connectivity index (χ1v) is 9.00. The topological polar surface area (TPSA) is 79.5 Å². The van der Waals surface area contributed by atoms with Gasteiger partial charge in [0.1, 0.15) is 5.82 Å². The molecular formula is C19H18ClF3N4O3. The van der Waals surface area contributed by atoms with E-state index in [9.17, 15) is 18.0 Å². The molecule has 1 aromatic carbocycles. The number of pyridine rings is 1. The third kappa shape index (κ3) is 4.60. The summed E-state index contributed by atoms with van der Waals surface area (Å²) in [6.45, 7) is -1.60. The minimum absolute atomic E-state index is 0.0990. The molecule has 0 spiro atoms. The highest BCUT2D eigenvalue weighted by molar-refractivity contribution is 6.34. The molecule has 3 rings (SSSR count). The van der Waals surface area contributed by atoms with Gasteiger partial charge in [-0.05, 0) is 24.3 Å². The largest absolute Gasteiger partial charge is 0.480 e. The molecule has 0 fully saturated rings. The fourth-order valence-corrected chi connectivity index (χ4v) is 3.08. The van der Waals surface area contributed by atoms with Gasteiger partial charge in [0.25, 0.3) is 5.91 Å². The first-order chi connectivity index (χ1) is 14.1. The van der Waals surface area contributed by atoms with E-state index in [0.29, 0.717) is 38.8 Å². The number of hydrogen-bond donors (Lipinski definition) is 2. The molecule has 2 aromatic heterocycles. The normalized spacial score (nSPS) is 11.6. The van der Waals surface area contributed by atoms with Crippen molar-refractivity contribution >= 4 is 34.2 Å². The monoisotopic (exact) mass is 442 g/mol. The van der Waals surface area contributed by atoms with Crippen molar-refractivity contribution in [2.75, 3.05) is 32.7 Å². The number of halogens is 4. The number of alkyl halides is 3. The van der Waals surface area contributed by atoms with Gasteiger partial charge in [-0.25, -0.2) is 5.48 Å². The summed E-state index contributed by atoms with van der Waals surface area (Å²) < 4.78 is 42.0. The number of ether oxygens (including phenoxy) is 1. The molecule has 0 bridgehead atoms. The van der Waals surface area contributed by atoms with Crippen LogP contribution in [0.15, 0.2) is 30.5 Å². The molecule has 0 saturated heterocycles. The molecule has 0 aliphatic carbocycles. The Labute approximate surface area is 174 Å². The maximum Gasteiger partial charge on any atom is 0.414 e. The van der Waals surface area contributed by atoms with Gasteiger partial charge in [0, 0.05) is 42.3 Å². The molecule has 0 unspecified atom stereocenters. The lowest BCUT2D eigenvalue weighted by atomic mass is 10.0. The fourth-order valence-electron chi connectivity index (χ4n) is 2.82. The van der Waals surface area contributed by atoms with Crippen LogP contribution in [0, 0.1) is 0 Å². The van der Waals surface area contributed by atoms with Crippen LogP contribution in [0.1, 0.15) is 10.4 Å². The van der Waals surface area contributed by atoms with E-state index in [-0.39, 0.29) is 5.56 Å². The number of nitrogens with zero attached hydrogens (tertiary/aromatic N) is 2. The number of carbonyl (C=O) groups is 1. The van der Waals surface area contributed by atoms with Crippen LogP contribution in [0.4, 0.5) is 19.0 Å². The van der Waals surface area contributed by atoms with E-state index in [1.54, 1.807) is 29.7 Å². The minimum atomic E-state index is -4.56. The zero-order valence-corrected chi connectivity index (χ0v) is 17.0. The zero-order valence-electron chi connectivity index (χ0n) is 16.2. The van der Waals surface area contributed by atoms with E-state index in [0.717, 1.165) is 0 Å². The molecule has 2 heterocycles. The number of amides is 1. The number of benzene rings is 1. The Bertz CT molecular complexity index is 1080. The number of carbonyl (C=O) groups excluding carboxylic acids is 1. The van der Waals surface area contributed by atoms with Crippen molar-refractivity contribution in [1.82, 2.24) is 15.4 Å². The van der Waals surface area contributed by atoms with Gasteiger partial charge in [0.15, 0.2) is 6.61 Å². The number of rotatable bonds is 6. The van der Waals surface area contributed by atoms with E-state index in [1.165, 1.54) is 13.3 Å². The molecule has 11 heteroatoms. The maximum absolute atomic E-state index is 12.3. The number of hydrogen-bond acceptors (Lipinski definition) is 5. The summed E-state index contributed by atoms with van der Waals surface area (Å²) in [5.41, 5.74) is 3.56. The predicted octanol–water partition coefficient (Wildman–Crippen LogP) is 4.18. The highest BCUT2D eigenvalue weighted by atomic mass is 35.5. The predicted molar refractivity (Wildman–Crippen MR) is 107 cm³/mol. The standard InChI is InChI=1S/C19H18ClF3N4O3/c1-27(2)16-5-4-10(18(25-16)29-3)11-6-12-13(8-24-15(12)7-14(11)20)17(28)26-30-9-19(21,22)23/h4-8,24H,9H2,1-3H3,(H,26,28). The van der Waals surface area contributed by atoms with Crippen LogP contribution < -0.4 is 15.1 Å². The van der Waals surface area contributed by atoms with Crippen molar-refractivity contribution < 1.29 is 27.5 Å². The molecule has 7 nitrogen and oxygen atoms in total. The van der Waals surface area contributed by atoms with Gasteiger partial charge in [-0.15, -0.1) is 0 Å². The second kappa shape index (κ2) is 8.41. The Kier molecular flexibility index (Phi) is 6.09. The Hall–Kier alpha value is -2.98. The number of hydroxylamine groups is 1. The van der Waals surface area contributed by atoms with Crippen molar-refractivity contribution in [2.45, 2.75) is 6.18 Å². The van der Waals surface area contributed by atoms with Gasteiger partial charge in [-0.1, -0.05) is 11.6 Å². The lowest BCUT2D eigenvalue weighted by Gasteiger charge is -2.15. The van der Waals surface area contributed by atoms with Gasteiger partial charge >= 0.3 is 6.18 Å². The lowest BCUT2D eigenvalue weighted by molar-refractivity contribution is -0.184. The number of methoxy groups -OCH3 is 1. The Morgan fingerprint density at radius 3 is 2.63 bits per heavy atom. The van der Waals surface area contributed by atoms with E-state index in [4.69, 9.17) is 16.3 Å². The summed E-state index contributed by atoms with van der Waals surface area (Å²) in [6.07, 6.45) is -3.20. The summed E-state index contributed by atoms with van der Waals surface area (Å²) in [5.74, 6) is 0.181. The average molecular weight is 443 g/mol. The van der Waals surface area contributed by atoms with Gasteiger partial charge in [-0.3, -0.25) is 9.63 Å². The number of anilines is 1. The Morgan fingerprint density at radius 1 is 1.27 bits per heavy atom. The van der Waals surface area contributed by atoms with Crippen LogP contribution in [-0.4, -0.2) is 49.9 Å². The van der Waals surface area contributed by atoms with Gasteiger partial charge in [0.05, 0.1) is 17.7 Å². The van der Waals surface area contributed by atoms with Crippen molar-refractivity contribution in [1.29, 1.82) is 0 Å². The van der Waals surface area contributed by atoms with Gasteiger partial charge in [-0.2, -0.15) is 18.2 Å².